The summed E-state index contributed by atoms with van der Waals surface area (Å²) >= 11 is 0. The molecule has 0 bridgehead atoms. The third-order valence-corrected chi connectivity index (χ3v) is 4.27. The van der Waals surface area contributed by atoms with Gasteiger partial charge in [0.2, 0.25) is 0 Å². The van der Waals surface area contributed by atoms with Crippen LogP contribution in [0.1, 0.15) is 12.5 Å². The van der Waals surface area contributed by atoms with Crippen LogP contribution in [0.3, 0.4) is 0 Å². The molecule has 3 nitrogen and oxygen atoms in total. The smallest absolute Gasteiger partial charge is 0.161 e. The third kappa shape index (κ3) is 2.00. The van der Waals surface area contributed by atoms with Crippen molar-refractivity contribution in [1.29, 1.82) is 10.0 Å². The van der Waals surface area contributed by atoms with Gasteiger partial charge in [0, 0.05) is 6.26 Å². The molecule has 5 heteroatoms. The molecule has 0 radical (unpaired) electrons. The predicted octanol–water partition coefficient (Wildman–Crippen LogP) is 2.24. The highest BCUT2D eigenvalue weighted by molar-refractivity contribution is 7.92. The topological polar surface area (TPSA) is 64.7 Å². The molecule has 0 heterocycles. The summed E-state index contributed by atoms with van der Waals surface area (Å²) in [4.78, 5) is 0. The Balaban J connectivity index is 3.39. The lowest BCUT2D eigenvalue weighted by molar-refractivity contribution is 0.624. The Morgan fingerprint density at radius 2 is 1.93 bits per heavy atom. The maximum absolute atomic E-state index is 12.7. The Bertz CT molecular complexity index is 501. The highest BCUT2D eigenvalue weighted by atomic mass is 32.2. The molecule has 0 aliphatic carbocycles. The van der Waals surface area contributed by atoms with Crippen LogP contribution in [0, 0.1) is 21.9 Å². The first-order valence-corrected chi connectivity index (χ1v) is 6.18. The second kappa shape index (κ2) is 3.63. The third-order valence-electron chi connectivity index (χ3n) is 2.39. The molecule has 1 rings (SSSR count). The van der Waals surface area contributed by atoms with Crippen LogP contribution in [0.5, 0.6) is 0 Å². The van der Waals surface area contributed by atoms with E-state index < -0.39 is 20.3 Å². The number of rotatable bonds is 2. The average Bonchev–Trinajstić information content (AvgIpc) is 2.16. The summed E-state index contributed by atoms with van der Waals surface area (Å²) in [6.07, 6.45) is 1.21. The molecule has 0 spiro atoms. The molecule has 1 aromatic carbocycles. The minimum atomic E-state index is -3.06. The van der Waals surface area contributed by atoms with Gasteiger partial charge in [0.05, 0.1) is 15.8 Å². The van der Waals surface area contributed by atoms with Crippen molar-refractivity contribution in [2.45, 2.75) is 11.7 Å². The molecule has 0 aromatic heterocycles. The highest BCUT2D eigenvalue weighted by Gasteiger charge is 2.34. The first-order chi connectivity index (χ1) is 6.81. The van der Waals surface area contributed by atoms with Crippen molar-refractivity contribution in [3.8, 4) is 6.07 Å². The summed E-state index contributed by atoms with van der Waals surface area (Å²) in [6.45, 7) is 1.43. The van der Waals surface area contributed by atoms with Gasteiger partial charge in [-0.3, -0.25) is 4.78 Å². The number of nitrogens with one attached hydrogen (secondary N) is 1. The monoisotopic (exact) mass is 226 g/mol. The Morgan fingerprint density at radius 1 is 1.47 bits per heavy atom. The fraction of sp³-hybridized carbons (Fsp3) is 0.300. The van der Waals surface area contributed by atoms with Crippen LogP contribution < -0.4 is 0 Å². The Hall–Kier alpha value is -1.41. The Morgan fingerprint density at radius 3 is 2.27 bits per heavy atom. The summed E-state index contributed by atoms with van der Waals surface area (Å²) < 4.78 is 30.4. The molecule has 2 atom stereocenters. The van der Waals surface area contributed by atoms with E-state index in [1.54, 1.807) is 0 Å². The van der Waals surface area contributed by atoms with Gasteiger partial charge in [-0.1, -0.05) is 12.1 Å². The van der Waals surface area contributed by atoms with E-state index in [0.29, 0.717) is 5.56 Å². The standard InChI is InChI=1S/C10H11FN2OS/c1-10(7-12,15(2,13)14)8-3-5-9(11)6-4-8/h3-6,13H,1-2H3. The van der Waals surface area contributed by atoms with Gasteiger partial charge in [0.1, 0.15) is 5.82 Å². The largest absolute Gasteiger partial charge is 0.251 e. The lowest BCUT2D eigenvalue weighted by Crippen LogP contribution is -2.28. The van der Waals surface area contributed by atoms with E-state index in [0.717, 1.165) is 0 Å². The van der Waals surface area contributed by atoms with Crippen molar-refractivity contribution in [3.05, 3.63) is 35.6 Å². The summed E-state index contributed by atoms with van der Waals surface area (Å²) in [5, 5.41) is 9.00. The number of hydrogen-bond acceptors (Lipinski definition) is 3. The van der Waals surface area contributed by atoms with E-state index in [9.17, 15) is 8.60 Å². The van der Waals surface area contributed by atoms with E-state index in [2.05, 4.69) is 0 Å². The van der Waals surface area contributed by atoms with Gasteiger partial charge in [0.25, 0.3) is 0 Å². The molecule has 0 fully saturated rings. The van der Waals surface area contributed by atoms with Gasteiger partial charge in [-0.2, -0.15) is 5.26 Å². The van der Waals surface area contributed by atoms with Crippen LogP contribution in [0.25, 0.3) is 0 Å². The molecular formula is C10H11FN2OS. The van der Waals surface area contributed by atoms with E-state index in [1.165, 1.54) is 37.4 Å². The summed E-state index contributed by atoms with van der Waals surface area (Å²) in [7, 11) is -3.06. The number of hydrogen-bond donors (Lipinski definition) is 1. The van der Waals surface area contributed by atoms with Gasteiger partial charge in [-0.25, -0.2) is 8.60 Å². The lowest BCUT2D eigenvalue weighted by Gasteiger charge is -2.22. The van der Waals surface area contributed by atoms with Gasteiger partial charge in [0.15, 0.2) is 4.75 Å². The molecule has 1 N–H and O–H groups in total. The fourth-order valence-electron chi connectivity index (χ4n) is 1.14. The predicted molar refractivity (Wildman–Crippen MR) is 56.2 cm³/mol. The maximum Gasteiger partial charge on any atom is 0.161 e. The van der Waals surface area contributed by atoms with Gasteiger partial charge in [-0.05, 0) is 24.6 Å². The zero-order valence-electron chi connectivity index (χ0n) is 8.45. The zero-order valence-corrected chi connectivity index (χ0v) is 9.27. The van der Waals surface area contributed by atoms with Gasteiger partial charge < -0.3 is 0 Å². The van der Waals surface area contributed by atoms with Crippen LogP contribution >= 0.6 is 0 Å². The minimum absolute atomic E-state index is 0.397. The number of nitrogens with zero attached hydrogens (tertiary/aromatic N) is 1. The van der Waals surface area contributed by atoms with E-state index >= 15 is 0 Å². The molecule has 0 saturated carbocycles. The average molecular weight is 226 g/mol. The normalized spacial score (nSPS) is 18.5. The Labute approximate surface area is 88.5 Å². The van der Waals surface area contributed by atoms with Crippen LogP contribution in [0.15, 0.2) is 24.3 Å². The molecule has 80 valence electrons. The number of nitriles is 1. The van der Waals surface area contributed by atoms with Gasteiger partial charge in [-0.15, -0.1) is 0 Å². The second-order valence-electron chi connectivity index (χ2n) is 3.50. The number of benzene rings is 1. The molecule has 0 amide bonds. The second-order valence-corrected chi connectivity index (χ2v) is 6.00. The van der Waals surface area contributed by atoms with Crippen molar-refractivity contribution < 1.29 is 8.60 Å². The van der Waals surface area contributed by atoms with E-state index in [1.807, 2.05) is 6.07 Å². The van der Waals surface area contributed by atoms with Crippen molar-refractivity contribution >= 4 is 9.73 Å². The van der Waals surface area contributed by atoms with Crippen molar-refractivity contribution in [3.63, 3.8) is 0 Å². The Kier molecular flexibility index (Phi) is 2.82. The summed E-state index contributed by atoms with van der Waals surface area (Å²) in [5.74, 6) is -0.424. The van der Waals surface area contributed by atoms with E-state index in [4.69, 9.17) is 10.0 Å². The van der Waals surface area contributed by atoms with Crippen LogP contribution in [0.4, 0.5) is 4.39 Å². The number of halogens is 1. The summed E-state index contributed by atoms with van der Waals surface area (Å²) in [5.41, 5.74) is 0.397. The molecule has 2 unspecified atom stereocenters. The maximum atomic E-state index is 12.7. The first kappa shape index (κ1) is 11.7. The molecule has 0 saturated heterocycles. The van der Waals surface area contributed by atoms with Crippen LogP contribution in [-0.2, 0) is 14.5 Å². The van der Waals surface area contributed by atoms with Crippen molar-refractivity contribution in [2.24, 2.45) is 0 Å². The zero-order chi connectivity index (χ0) is 11.7. The highest BCUT2D eigenvalue weighted by Crippen LogP contribution is 2.29. The van der Waals surface area contributed by atoms with Crippen molar-refractivity contribution in [2.75, 3.05) is 6.26 Å². The quantitative estimate of drug-likeness (QED) is 0.840. The SMILES string of the molecule is CC(C#N)(c1ccc(F)cc1)S(C)(=N)=O. The molecule has 15 heavy (non-hydrogen) atoms. The molecular weight excluding hydrogens is 215 g/mol. The molecule has 0 aliphatic heterocycles. The fourth-order valence-corrected chi connectivity index (χ4v) is 1.90. The van der Waals surface area contributed by atoms with Crippen LogP contribution in [0.2, 0.25) is 0 Å². The van der Waals surface area contributed by atoms with Gasteiger partial charge >= 0.3 is 0 Å². The van der Waals surface area contributed by atoms with E-state index in [-0.39, 0.29) is 0 Å². The lowest BCUT2D eigenvalue weighted by atomic mass is 10.0. The molecule has 0 aliphatic rings. The summed E-state index contributed by atoms with van der Waals surface area (Å²) in [6, 6.07) is 7.02. The minimum Gasteiger partial charge on any atom is -0.251 e. The molecule has 1 aromatic rings. The van der Waals surface area contributed by atoms with Crippen molar-refractivity contribution in [1.82, 2.24) is 0 Å². The van der Waals surface area contributed by atoms with Crippen LogP contribution in [-0.4, -0.2) is 10.5 Å². The first-order valence-electron chi connectivity index (χ1n) is 4.22.